The van der Waals surface area contributed by atoms with Gasteiger partial charge in [-0.25, -0.2) is 0 Å². The van der Waals surface area contributed by atoms with Gasteiger partial charge in [0.15, 0.2) is 0 Å². The number of nitrogens with one attached hydrogen (secondary N) is 1. The molecule has 0 aliphatic rings. The molecular weight excluding hydrogens is 274 g/mol. The molecule has 1 N–H and O–H groups in total. The third kappa shape index (κ3) is 3.14. The number of aromatic nitrogens is 2. The highest BCUT2D eigenvalue weighted by Crippen LogP contribution is 2.26. The molecule has 2 rings (SSSR count). The smallest absolute Gasteiger partial charge is 0.118 e. The van der Waals surface area contributed by atoms with Crippen molar-refractivity contribution < 1.29 is 4.74 Å². The lowest BCUT2D eigenvalue weighted by Crippen LogP contribution is -2.22. The molecule has 0 aliphatic carbocycles. The maximum Gasteiger partial charge on any atom is 0.118 e. The average molecular weight is 294 g/mol. The van der Waals surface area contributed by atoms with Crippen LogP contribution in [0.4, 0.5) is 0 Å². The summed E-state index contributed by atoms with van der Waals surface area (Å²) in [7, 11) is 3.61. The first-order valence-corrected chi connectivity index (χ1v) is 7.08. The molecule has 1 aromatic heterocycles. The van der Waals surface area contributed by atoms with Crippen molar-refractivity contribution in [3.8, 4) is 5.75 Å². The molecule has 0 spiro atoms. The maximum atomic E-state index is 6.27. The fourth-order valence-corrected chi connectivity index (χ4v) is 2.58. The third-order valence-electron chi connectivity index (χ3n) is 3.41. The molecule has 4 nitrogen and oxygen atoms in total. The van der Waals surface area contributed by atoms with Crippen LogP contribution >= 0.6 is 11.6 Å². The topological polar surface area (TPSA) is 39.1 Å². The fourth-order valence-electron chi connectivity index (χ4n) is 2.30. The van der Waals surface area contributed by atoms with Crippen LogP contribution in [0.25, 0.3) is 0 Å². The molecule has 0 radical (unpaired) electrons. The quantitative estimate of drug-likeness (QED) is 0.890. The predicted octanol–water partition coefficient (Wildman–Crippen LogP) is 3.07. The van der Waals surface area contributed by atoms with Crippen molar-refractivity contribution in [1.82, 2.24) is 15.1 Å². The van der Waals surface area contributed by atoms with Gasteiger partial charge in [0, 0.05) is 6.54 Å². The summed E-state index contributed by atoms with van der Waals surface area (Å²) in [6.45, 7) is 2.87. The van der Waals surface area contributed by atoms with Gasteiger partial charge >= 0.3 is 0 Å². The standard InChI is InChI=1S/C15H20ClN3O/c1-4-19-15(13(16)10-18-19)14(17-2)9-11-5-7-12(20-3)8-6-11/h5-8,10,14,17H,4,9H2,1-3H3. The van der Waals surface area contributed by atoms with E-state index in [1.54, 1.807) is 13.3 Å². The lowest BCUT2D eigenvalue weighted by Gasteiger charge is -2.18. The van der Waals surface area contributed by atoms with E-state index in [0.29, 0.717) is 5.02 Å². The summed E-state index contributed by atoms with van der Waals surface area (Å²) in [6, 6.07) is 8.23. The van der Waals surface area contributed by atoms with Crippen molar-refractivity contribution in [2.24, 2.45) is 0 Å². The maximum absolute atomic E-state index is 6.27. The number of hydrogen-bond donors (Lipinski definition) is 1. The fraction of sp³-hybridized carbons (Fsp3) is 0.400. The number of hydrogen-bond acceptors (Lipinski definition) is 3. The zero-order chi connectivity index (χ0) is 14.5. The Morgan fingerprint density at radius 3 is 2.60 bits per heavy atom. The minimum atomic E-state index is 0.137. The Bertz CT molecular complexity index is 551. The highest BCUT2D eigenvalue weighted by molar-refractivity contribution is 6.31. The number of aryl methyl sites for hydroxylation is 1. The molecule has 5 heteroatoms. The molecule has 0 bridgehead atoms. The third-order valence-corrected chi connectivity index (χ3v) is 3.70. The highest BCUT2D eigenvalue weighted by Gasteiger charge is 2.18. The number of benzene rings is 1. The highest BCUT2D eigenvalue weighted by atomic mass is 35.5. The Morgan fingerprint density at radius 2 is 2.05 bits per heavy atom. The van der Waals surface area contributed by atoms with Gasteiger partial charge in [-0.3, -0.25) is 4.68 Å². The SMILES string of the molecule is CCn1ncc(Cl)c1C(Cc1ccc(OC)cc1)NC. The van der Waals surface area contributed by atoms with Gasteiger partial charge < -0.3 is 10.1 Å². The van der Waals surface area contributed by atoms with E-state index in [9.17, 15) is 0 Å². The molecule has 108 valence electrons. The number of halogens is 1. The van der Waals surface area contributed by atoms with Crippen molar-refractivity contribution in [1.29, 1.82) is 0 Å². The van der Waals surface area contributed by atoms with Crippen LogP contribution in [0.15, 0.2) is 30.5 Å². The van der Waals surface area contributed by atoms with E-state index in [1.165, 1.54) is 5.56 Å². The summed E-state index contributed by atoms with van der Waals surface area (Å²) in [5.74, 6) is 0.867. The van der Waals surface area contributed by atoms with Gasteiger partial charge in [-0.05, 0) is 38.1 Å². The molecule has 20 heavy (non-hydrogen) atoms. The number of likely N-dealkylation sites (N-methyl/N-ethyl adjacent to an activating group) is 1. The van der Waals surface area contributed by atoms with Crippen LogP contribution in [0.3, 0.4) is 0 Å². The van der Waals surface area contributed by atoms with E-state index in [1.807, 2.05) is 23.9 Å². The van der Waals surface area contributed by atoms with Gasteiger partial charge in [0.25, 0.3) is 0 Å². The van der Waals surface area contributed by atoms with Gasteiger partial charge in [-0.15, -0.1) is 0 Å². The summed E-state index contributed by atoms with van der Waals surface area (Å²) in [5.41, 5.74) is 2.26. The minimum absolute atomic E-state index is 0.137. The number of methoxy groups -OCH3 is 1. The van der Waals surface area contributed by atoms with Crippen molar-refractivity contribution >= 4 is 11.6 Å². The van der Waals surface area contributed by atoms with Crippen molar-refractivity contribution in [3.05, 3.63) is 46.7 Å². The van der Waals surface area contributed by atoms with Crippen LogP contribution in [0.1, 0.15) is 24.2 Å². The Morgan fingerprint density at radius 1 is 1.35 bits per heavy atom. The van der Waals surface area contributed by atoms with Gasteiger partial charge in [-0.1, -0.05) is 23.7 Å². The Labute approximate surface area is 124 Å². The van der Waals surface area contributed by atoms with Crippen molar-refractivity contribution in [2.75, 3.05) is 14.2 Å². The molecule has 0 saturated heterocycles. The van der Waals surface area contributed by atoms with Crippen LogP contribution in [0.2, 0.25) is 5.02 Å². The van der Waals surface area contributed by atoms with Gasteiger partial charge in [-0.2, -0.15) is 5.10 Å². The lowest BCUT2D eigenvalue weighted by atomic mass is 10.0. The Kier molecular flexibility index (Phi) is 5.04. The molecule has 1 aromatic carbocycles. The summed E-state index contributed by atoms with van der Waals surface area (Å²) in [5, 5.41) is 8.33. The van der Waals surface area contributed by atoms with E-state index in [0.717, 1.165) is 24.4 Å². The molecule has 0 saturated carbocycles. The summed E-state index contributed by atoms with van der Waals surface area (Å²) in [4.78, 5) is 0. The van der Waals surface area contributed by atoms with E-state index in [4.69, 9.17) is 16.3 Å². The molecule has 1 unspecified atom stereocenters. The predicted molar refractivity (Wildman–Crippen MR) is 81.4 cm³/mol. The number of ether oxygens (including phenoxy) is 1. The van der Waals surface area contributed by atoms with Gasteiger partial charge in [0.2, 0.25) is 0 Å². The second-order valence-electron chi connectivity index (χ2n) is 4.59. The van der Waals surface area contributed by atoms with Crippen LogP contribution in [0, 0.1) is 0 Å². The number of nitrogens with zero attached hydrogens (tertiary/aromatic N) is 2. The summed E-state index contributed by atoms with van der Waals surface area (Å²) < 4.78 is 7.12. The molecule has 0 fully saturated rings. The summed E-state index contributed by atoms with van der Waals surface area (Å²) >= 11 is 6.27. The molecule has 1 atom stereocenters. The largest absolute Gasteiger partial charge is 0.497 e. The minimum Gasteiger partial charge on any atom is -0.497 e. The first-order chi connectivity index (χ1) is 9.69. The normalized spacial score (nSPS) is 12.4. The lowest BCUT2D eigenvalue weighted by molar-refractivity contribution is 0.414. The Balaban J connectivity index is 2.21. The first-order valence-electron chi connectivity index (χ1n) is 6.71. The van der Waals surface area contributed by atoms with E-state index in [2.05, 4.69) is 29.5 Å². The van der Waals surface area contributed by atoms with Crippen LogP contribution in [-0.4, -0.2) is 23.9 Å². The second-order valence-corrected chi connectivity index (χ2v) is 4.99. The first kappa shape index (κ1) is 14.9. The van der Waals surface area contributed by atoms with E-state index >= 15 is 0 Å². The van der Waals surface area contributed by atoms with Crippen LogP contribution in [-0.2, 0) is 13.0 Å². The summed E-state index contributed by atoms with van der Waals surface area (Å²) in [6.07, 6.45) is 2.56. The molecule has 2 aromatic rings. The van der Waals surface area contributed by atoms with Gasteiger partial charge in [0.1, 0.15) is 5.75 Å². The molecular formula is C15H20ClN3O. The Hall–Kier alpha value is -1.52. The van der Waals surface area contributed by atoms with Crippen molar-refractivity contribution in [3.63, 3.8) is 0 Å². The monoisotopic (exact) mass is 293 g/mol. The average Bonchev–Trinajstić information content (AvgIpc) is 2.86. The van der Waals surface area contributed by atoms with E-state index < -0.39 is 0 Å². The molecule has 0 aliphatic heterocycles. The zero-order valence-corrected chi connectivity index (χ0v) is 12.8. The van der Waals surface area contributed by atoms with Crippen LogP contribution < -0.4 is 10.1 Å². The van der Waals surface area contributed by atoms with E-state index in [-0.39, 0.29) is 6.04 Å². The zero-order valence-electron chi connectivity index (χ0n) is 12.1. The van der Waals surface area contributed by atoms with Crippen LogP contribution in [0.5, 0.6) is 5.75 Å². The van der Waals surface area contributed by atoms with Crippen molar-refractivity contribution in [2.45, 2.75) is 25.9 Å². The molecule has 0 amide bonds. The second kappa shape index (κ2) is 6.77. The molecule has 1 heterocycles. The van der Waals surface area contributed by atoms with Gasteiger partial charge in [0.05, 0.1) is 30.1 Å². The number of rotatable bonds is 6.